The molecule has 0 aliphatic heterocycles. The van der Waals surface area contributed by atoms with E-state index in [4.69, 9.17) is 19.3 Å². The quantitative estimate of drug-likeness (QED) is 0.492. The van der Waals surface area contributed by atoms with Gasteiger partial charge in [-0.3, -0.25) is 4.98 Å². The third-order valence-electron chi connectivity index (χ3n) is 3.96. The minimum atomic E-state index is -0.490. The van der Waals surface area contributed by atoms with Crippen LogP contribution < -0.4 is 14.8 Å². The maximum absolute atomic E-state index is 12.5. The van der Waals surface area contributed by atoms with Crippen LogP contribution in [0.25, 0.3) is 11.0 Å². The molecule has 9 heteroatoms. The van der Waals surface area contributed by atoms with Crippen LogP contribution in [-0.4, -0.2) is 47.5 Å². The van der Waals surface area contributed by atoms with Gasteiger partial charge in [0, 0.05) is 18.0 Å². The third-order valence-corrected chi connectivity index (χ3v) is 3.96. The molecule has 0 fully saturated rings. The molecule has 3 rings (SSSR count). The van der Waals surface area contributed by atoms with Crippen molar-refractivity contribution in [1.82, 2.24) is 9.97 Å². The van der Waals surface area contributed by atoms with Crippen molar-refractivity contribution in [3.8, 4) is 11.6 Å². The Bertz CT molecular complexity index is 982. The minimum absolute atomic E-state index is 0. The molecule has 0 unspecified atom stereocenters. The number of rotatable bonds is 9. The van der Waals surface area contributed by atoms with Gasteiger partial charge in [0.15, 0.2) is 0 Å². The number of aliphatic hydroxyl groups excluding tert-OH is 1. The van der Waals surface area contributed by atoms with Crippen molar-refractivity contribution in [3.63, 3.8) is 0 Å². The summed E-state index contributed by atoms with van der Waals surface area (Å²) in [7, 11) is 0. The lowest BCUT2D eigenvalue weighted by atomic mass is 10.1. The average molecular weight is 434 g/mol. The largest absolute Gasteiger partial charge is 0.491 e. The molecule has 0 amide bonds. The summed E-state index contributed by atoms with van der Waals surface area (Å²) in [5.41, 5.74) is 2.61. The molecule has 3 aromatic rings. The van der Waals surface area contributed by atoms with Gasteiger partial charge in [0.1, 0.15) is 23.4 Å². The number of halogens is 1. The molecule has 0 aliphatic rings. The van der Waals surface area contributed by atoms with E-state index in [2.05, 4.69) is 15.3 Å². The van der Waals surface area contributed by atoms with E-state index in [0.717, 1.165) is 5.69 Å². The van der Waals surface area contributed by atoms with Crippen LogP contribution in [0.3, 0.4) is 0 Å². The summed E-state index contributed by atoms with van der Waals surface area (Å²) in [5.74, 6) is 0.584. The lowest BCUT2D eigenvalue weighted by Gasteiger charge is -2.14. The predicted octanol–water partition coefficient (Wildman–Crippen LogP) is 3.74. The fourth-order valence-electron chi connectivity index (χ4n) is 2.71. The topological polar surface area (TPSA) is 103 Å². The summed E-state index contributed by atoms with van der Waals surface area (Å²) in [5, 5.41) is 12.1. The Morgan fingerprint density at radius 3 is 2.50 bits per heavy atom. The van der Waals surface area contributed by atoms with Crippen molar-refractivity contribution in [3.05, 3.63) is 48.2 Å². The van der Waals surface area contributed by atoms with E-state index in [1.807, 2.05) is 6.92 Å². The summed E-state index contributed by atoms with van der Waals surface area (Å²) in [6.45, 7) is 4.51. The van der Waals surface area contributed by atoms with Gasteiger partial charge in [0.05, 0.1) is 31.0 Å². The van der Waals surface area contributed by atoms with Gasteiger partial charge >= 0.3 is 5.97 Å². The number of hydrogen-bond acceptors (Lipinski definition) is 8. The molecule has 0 saturated carbocycles. The number of ether oxygens (including phenoxy) is 3. The highest BCUT2D eigenvalue weighted by Gasteiger charge is 2.18. The molecule has 2 aromatic heterocycles. The van der Waals surface area contributed by atoms with Gasteiger partial charge in [0.2, 0.25) is 5.88 Å². The first kappa shape index (κ1) is 23.2. The van der Waals surface area contributed by atoms with Gasteiger partial charge in [-0.1, -0.05) is 0 Å². The molecule has 160 valence electrons. The number of benzene rings is 1. The molecule has 0 atom stereocenters. The van der Waals surface area contributed by atoms with Crippen LogP contribution in [0.2, 0.25) is 0 Å². The number of pyridine rings is 2. The third kappa shape index (κ3) is 5.49. The number of hydrogen-bond donors (Lipinski definition) is 2. The molecule has 0 aliphatic carbocycles. The molecule has 0 bridgehead atoms. The smallest absolute Gasteiger partial charge is 0.341 e. The molecule has 0 spiro atoms. The summed E-state index contributed by atoms with van der Waals surface area (Å²) < 4.78 is 16.1. The van der Waals surface area contributed by atoms with Crippen LogP contribution in [0.5, 0.6) is 11.6 Å². The molecule has 0 saturated heterocycles. The number of nitrogens with zero attached hydrogens (tertiary/aromatic N) is 2. The Balaban J connectivity index is 0.00000320. The van der Waals surface area contributed by atoms with Crippen LogP contribution in [-0.2, 0) is 4.74 Å². The monoisotopic (exact) mass is 433 g/mol. The van der Waals surface area contributed by atoms with Crippen LogP contribution in [0.4, 0.5) is 11.4 Å². The van der Waals surface area contributed by atoms with Gasteiger partial charge in [-0.15, -0.1) is 12.4 Å². The fourth-order valence-corrected chi connectivity index (χ4v) is 2.71. The summed E-state index contributed by atoms with van der Waals surface area (Å²) >= 11 is 0. The molecule has 30 heavy (non-hydrogen) atoms. The van der Waals surface area contributed by atoms with Crippen LogP contribution in [0.1, 0.15) is 24.2 Å². The summed E-state index contributed by atoms with van der Waals surface area (Å²) in [6, 6.07) is 10.7. The van der Waals surface area contributed by atoms with Gasteiger partial charge < -0.3 is 24.6 Å². The van der Waals surface area contributed by atoms with Crippen molar-refractivity contribution in [1.29, 1.82) is 0 Å². The molecular weight excluding hydrogens is 410 g/mol. The molecule has 2 heterocycles. The highest BCUT2D eigenvalue weighted by atomic mass is 35.5. The number of esters is 1. The Hall–Kier alpha value is -3.10. The number of nitrogens with one attached hydrogen (secondary N) is 1. The Morgan fingerprint density at radius 2 is 1.83 bits per heavy atom. The Morgan fingerprint density at radius 1 is 1.07 bits per heavy atom. The maximum atomic E-state index is 12.5. The number of fused-ring (bicyclic) bond motifs is 1. The molecule has 0 radical (unpaired) electrons. The molecule has 1 aromatic carbocycles. The van der Waals surface area contributed by atoms with Gasteiger partial charge in [0.25, 0.3) is 0 Å². The number of carbonyl (C=O) groups is 1. The van der Waals surface area contributed by atoms with Crippen molar-refractivity contribution in [2.45, 2.75) is 13.8 Å². The highest BCUT2D eigenvalue weighted by molar-refractivity contribution is 6.04. The van der Waals surface area contributed by atoms with Crippen LogP contribution in [0.15, 0.2) is 42.6 Å². The van der Waals surface area contributed by atoms with Gasteiger partial charge in [-0.05, 0) is 44.2 Å². The van der Waals surface area contributed by atoms with E-state index < -0.39 is 5.97 Å². The second kappa shape index (κ2) is 11.2. The number of carbonyl (C=O) groups excluding carboxylic acids is 1. The standard InChI is InChI=1S/C21H23N3O5.ClH/c1-3-27-18-10-9-17-20(24-18)19(16(13-22-17)21(26)28-4-2)23-14-5-7-15(8-6-14)29-12-11-25;/h5-10,13,25H,3-4,11-12H2,1-2H3,(H,22,23);1H. The van der Waals surface area contributed by atoms with E-state index in [-0.39, 0.29) is 37.8 Å². The first-order valence-electron chi connectivity index (χ1n) is 9.36. The average Bonchev–Trinajstić information content (AvgIpc) is 2.74. The lowest BCUT2D eigenvalue weighted by Crippen LogP contribution is -2.10. The van der Waals surface area contributed by atoms with Gasteiger partial charge in [-0.2, -0.15) is 0 Å². The number of aliphatic hydroxyl groups is 1. The maximum Gasteiger partial charge on any atom is 0.341 e. The summed E-state index contributed by atoms with van der Waals surface area (Å²) in [6.07, 6.45) is 1.48. The van der Waals surface area contributed by atoms with E-state index >= 15 is 0 Å². The SMILES string of the molecule is CCOC(=O)c1cnc2ccc(OCC)nc2c1Nc1ccc(OCCO)cc1.Cl. The molecule has 2 N–H and O–H groups in total. The number of aromatic nitrogens is 2. The van der Waals surface area contributed by atoms with Crippen molar-refractivity contribution in [2.24, 2.45) is 0 Å². The number of anilines is 2. The normalized spacial score (nSPS) is 10.2. The van der Waals surface area contributed by atoms with Crippen molar-refractivity contribution >= 4 is 40.8 Å². The summed E-state index contributed by atoms with van der Waals surface area (Å²) in [4.78, 5) is 21.3. The zero-order chi connectivity index (χ0) is 20.6. The fraction of sp³-hybridized carbons (Fsp3) is 0.286. The zero-order valence-corrected chi connectivity index (χ0v) is 17.6. The lowest BCUT2D eigenvalue weighted by molar-refractivity contribution is 0.0527. The highest BCUT2D eigenvalue weighted by Crippen LogP contribution is 2.30. The predicted molar refractivity (Wildman–Crippen MR) is 116 cm³/mol. The first-order valence-corrected chi connectivity index (χ1v) is 9.36. The Kier molecular flexibility index (Phi) is 8.64. The second-order valence-electron chi connectivity index (χ2n) is 5.94. The van der Waals surface area contributed by atoms with E-state index in [1.54, 1.807) is 43.3 Å². The van der Waals surface area contributed by atoms with Crippen molar-refractivity contribution in [2.75, 3.05) is 31.7 Å². The second-order valence-corrected chi connectivity index (χ2v) is 5.94. The zero-order valence-electron chi connectivity index (χ0n) is 16.8. The minimum Gasteiger partial charge on any atom is -0.491 e. The molecular formula is C21H24ClN3O5. The van der Waals surface area contributed by atoms with Gasteiger partial charge in [-0.25, -0.2) is 9.78 Å². The van der Waals surface area contributed by atoms with E-state index in [9.17, 15) is 4.79 Å². The first-order chi connectivity index (χ1) is 14.2. The van der Waals surface area contributed by atoms with Crippen LogP contribution >= 0.6 is 12.4 Å². The van der Waals surface area contributed by atoms with Crippen molar-refractivity contribution < 1.29 is 24.1 Å². The Labute approximate surface area is 180 Å². The van der Waals surface area contributed by atoms with E-state index in [0.29, 0.717) is 35.0 Å². The molecule has 8 nitrogen and oxygen atoms in total. The van der Waals surface area contributed by atoms with E-state index in [1.165, 1.54) is 6.20 Å². The van der Waals surface area contributed by atoms with Crippen LogP contribution in [0, 0.1) is 0 Å².